The predicted molar refractivity (Wildman–Crippen MR) is 69.2 cm³/mol. The van der Waals surface area contributed by atoms with Crippen molar-refractivity contribution in [2.75, 3.05) is 32.8 Å². The summed E-state index contributed by atoms with van der Waals surface area (Å²) in [6.07, 6.45) is 8.71. The lowest BCUT2D eigenvalue weighted by Crippen LogP contribution is -2.56. The normalized spacial score (nSPS) is 37.8. The molecule has 1 unspecified atom stereocenters. The number of nitrogens with one attached hydrogen (secondary N) is 1. The molecule has 0 amide bonds. The van der Waals surface area contributed by atoms with Crippen LogP contribution in [0.25, 0.3) is 0 Å². The number of piperidine rings is 3. The molecule has 17 heavy (non-hydrogen) atoms. The molecule has 3 heterocycles. The number of fused-ring (bicyclic) bond motifs is 3. The molecule has 0 radical (unpaired) electrons. The van der Waals surface area contributed by atoms with Crippen molar-refractivity contribution in [1.29, 1.82) is 0 Å². The topological polar surface area (TPSA) is 24.5 Å². The Bertz CT molecular complexity index is 232. The summed E-state index contributed by atoms with van der Waals surface area (Å²) in [5.41, 5.74) is 0. The molecule has 3 saturated heterocycles. The molecule has 0 spiro atoms. The Morgan fingerprint density at radius 2 is 1.82 bits per heavy atom. The minimum Gasteiger partial charge on any atom is -0.377 e. The summed E-state index contributed by atoms with van der Waals surface area (Å²) in [5.74, 6) is 0.937. The van der Waals surface area contributed by atoms with Gasteiger partial charge in [0.1, 0.15) is 0 Å². The Labute approximate surface area is 105 Å². The summed E-state index contributed by atoms with van der Waals surface area (Å²) >= 11 is 0. The molecule has 1 saturated carbocycles. The second kappa shape index (κ2) is 5.68. The lowest BCUT2D eigenvalue weighted by Gasteiger charge is -2.45. The molecule has 2 bridgehead atoms. The van der Waals surface area contributed by atoms with E-state index in [1.807, 2.05) is 0 Å². The van der Waals surface area contributed by atoms with Gasteiger partial charge in [0.15, 0.2) is 0 Å². The lowest BCUT2D eigenvalue weighted by atomic mass is 9.84. The van der Waals surface area contributed by atoms with E-state index in [1.165, 1.54) is 58.2 Å². The van der Waals surface area contributed by atoms with Crippen LogP contribution in [0.1, 0.15) is 38.5 Å². The Morgan fingerprint density at radius 1 is 1.06 bits per heavy atom. The molecule has 4 rings (SSSR count). The van der Waals surface area contributed by atoms with Gasteiger partial charge in [-0.25, -0.2) is 0 Å². The average Bonchev–Trinajstić information content (AvgIpc) is 2.89. The van der Waals surface area contributed by atoms with E-state index < -0.39 is 0 Å². The Morgan fingerprint density at radius 3 is 2.47 bits per heavy atom. The van der Waals surface area contributed by atoms with Crippen molar-refractivity contribution in [3.63, 3.8) is 0 Å². The highest BCUT2D eigenvalue weighted by molar-refractivity contribution is 4.90. The van der Waals surface area contributed by atoms with E-state index in [-0.39, 0.29) is 0 Å². The van der Waals surface area contributed by atoms with Gasteiger partial charge in [-0.15, -0.1) is 0 Å². The van der Waals surface area contributed by atoms with E-state index in [9.17, 15) is 0 Å². The molecule has 3 heteroatoms. The van der Waals surface area contributed by atoms with Gasteiger partial charge in [-0.05, 0) is 44.7 Å². The predicted octanol–water partition coefficient (Wildman–Crippen LogP) is 1.63. The smallest absolute Gasteiger partial charge is 0.0594 e. The number of rotatable bonds is 5. The number of nitrogens with zero attached hydrogens (tertiary/aromatic N) is 1. The molecular formula is C14H26N2O. The van der Waals surface area contributed by atoms with Gasteiger partial charge in [0.2, 0.25) is 0 Å². The molecule has 1 atom stereocenters. The van der Waals surface area contributed by atoms with Crippen LogP contribution in [0.15, 0.2) is 0 Å². The summed E-state index contributed by atoms with van der Waals surface area (Å²) < 4.78 is 5.90. The van der Waals surface area contributed by atoms with Crippen molar-refractivity contribution in [2.24, 2.45) is 5.92 Å². The zero-order valence-corrected chi connectivity index (χ0v) is 10.9. The zero-order valence-electron chi connectivity index (χ0n) is 10.9. The lowest BCUT2D eigenvalue weighted by molar-refractivity contribution is 0.0431. The van der Waals surface area contributed by atoms with Crippen LogP contribution in [0.4, 0.5) is 0 Å². The molecule has 3 aliphatic heterocycles. The number of ether oxygens (including phenoxy) is 1. The van der Waals surface area contributed by atoms with Crippen LogP contribution >= 0.6 is 0 Å². The second-order valence-electron chi connectivity index (χ2n) is 5.98. The van der Waals surface area contributed by atoms with Gasteiger partial charge < -0.3 is 15.0 Å². The monoisotopic (exact) mass is 238 g/mol. The molecule has 1 N–H and O–H groups in total. The maximum Gasteiger partial charge on any atom is 0.0594 e. The number of hydrogen-bond acceptors (Lipinski definition) is 3. The maximum atomic E-state index is 5.90. The molecule has 0 aromatic heterocycles. The fourth-order valence-electron chi connectivity index (χ4n) is 3.72. The van der Waals surface area contributed by atoms with Gasteiger partial charge in [0.25, 0.3) is 0 Å². The van der Waals surface area contributed by atoms with Crippen molar-refractivity contribution in [1.82, 2.24) is 10.2 Å². The van der Waals surface area contributed by atoms with E-state index in [2.05, 4.69) is 10.2 Å². The van der Waals surface area contributed by atoms with E-state index in [0.29, 0.717) is 6.10 Å². The van der Waals surface area contributed by atoms with Crippen molar-refractivity contribution in [3.8, 4) is 0 Å². The van der Waals surface area contributed by atoms with Gasteiger partial charge in [-0.3, -0.25) is 0 Å². The molecule has 98 valence electrons. The third-order valence-electron chi connectivity index (χ3n) is 4.82. The first-order chi connectivity index (χ1) is 8.42. The summed E-state index contributed by atoms with van der Waals surface area (Å²) in [5, 5.41) is 3.71. The zero-order chi connectivity index (χ0) is 11.5. The van der Waals surface area contributed by atoms with Crippen LogP contribution in [-0.4, -0.2) is 49.8 Å². The highest BCUT2D eigenvalue weighted by Gasteiger charge is 2.33. The molecule has 0 aromatic rings. The molecule has 0 aromatic carbocycles. The Kier molecular flexibility index (Phi) is 3.99. The SMILES string of the molecule is C1CCC(OCCNC2CN3CCC2CC3)C1. The summed E-state index contributed by atoms with van der Waals surface area (Å²) in [4.78, 5) is 2.61. The van der Waals surface area contributed by atoms with Crippen LogP contribution in [0.2, 0.25) is 0 Å². The first kappa shape index (κ1) is 11.9. The first-order valence-corrected chi connectivity index (χ1v) is 7.49. The molecule has 4 aliphatic rings. The summed E-state index contributed by atoms with van der Waals surface area (Å²) in [6, 6.07) is 0.740. The fraction of sp³-hybridized carbons (Fsp3) is 1.00. The average molecular weight is 238 g/mol. The third-order valence-corrected chi connectivity index (χ3v) is 4.82. The van der Waals surface area contributed by atoms with Gasteiger partial charge in [0.05, 0.1) is 12.7 Å². The van der Waals surface area contributed by atoms with Crippen LogP contribution in [0.3, 0.4) is 0 Å². The van der Waals surface area contributed by atoms with Crippen LogP contribution in [0, 0.1) is 5.92 Å². The largest absolute Gasteiger partial charge is 0.377 e. The van der Waals surface area contributed by atoms with Crippen molar-refractivity contribution in [3.05, 3.63) is 0 Å². The minimum atomic E-state index is 0.573. The number of hydrogen-bond donors (Lipinski definition) is 1. The van der Waals surface area contributed by atoms with Gasteiger partial charge in [-0.1, -0.05) is 12.8 Å². The maximum absolute atomic E-state index is 5.90. The van der Waals surface area contributed by atoms with Crippen LogP contribution in [-0.2, 0) is 4.74 Å². The van der Waals surface area contributed by atoms with E-state index >= 15 is 0 Å². The van der Waals surface area contributed by atoms with Gasteiger partial charge in [0, 0.05) is 19.1 Å². The van der Waals surface area contributed by atoms with E-state index in [4.69, 9.17) is 4.74 Å². The fourth-order valence-corrected chi connectivity index (χ4v) is 3.72. The summed E-state index contributed by atoms with van der Waals surface area (Å²) in [7, 11) is 0. The quantitative estimate of drug-likeness (QED) is 0.737. The molecule has 4 fully saturated rings. The molecule has 1 aliphatic carbocycles. The second-order valence-corrected chi connectivity index (χ2v) is 5.98. The Balaban J connectivity index is 1.31. The highest BCUT2D eigenvalue weighted by Crippen LogP contribution is 2.27. The van der Waals surface area contributed by atoms with Crippen LogP contribution in [0.5, 0.6) is 0 Å². The third kappa shape index (κ3) is 3.01. The minimum absolute atomic E-state index is 0.573. The first-order valence-electron chi connectivity index (χ1n) is 7.49. The van der Waals surface area contributed by atoms with Gasteiger partial charge in [-0.2, -0.15) is 0 Å². The van der Waals surface area contributed by atoms with E-state index in [1.54, 1.807) is 0 Å². The van der Waals surface area contributed by atoms with Crippen molar-refractivity contribution >= 4 is 0 Å². The van der Waals surface area contributed by atoms with Crippen LogP contribution < -0.4 is 5.32 Å². The van der Waals surface area contributed by atoms with E-state index in [0.717, 1.165) is 25.1 Å². The highest BCUT2D eigenvalue weighted by atomic mass is 16.5. The molecule has 3 nitrogen and oxygen atoms in total. The molecular weight excluding hydrogens is 212 g/mol. The Hall–Kier alpha value is -0.120. The van der Waals surface area contributed by atoms with Gasteiger partial charge >= 0.3 is 0 Å². The van der Waals surface area contributed by atoms with Crippen molar-refractivity contribution < 1.29 is 4.74 Å². The summed E-state index contributed by atoms with van der Waals surface area (Å²) in [6.45, 7) is 5.90. The standard InChI is InChI=1S/C14H26N2O/c1-2-4-13(3-1)17-10-7-15-14-11-16-8-5-12(14)6-9-16/h12-15H,1-11H2. The van der Waals surface area contributed by atoms with Crippen molar-refractivity contribution in [2.45, 2.75) is 50.7 Å².